The van der Waals surface area contributed by atoms with E-state index in [9.17, 15) is 23.9 Å². The Labute approximate surface area is 163 Å². The van der Waals surface area contributed by atoms with Gasteiger partial charge < -0.3 is 19.2 Å². The number of fused-ring (bicyclic) bond motifs is 1. The number of amides is 1. The van der Waals surface area contributed by atoms with Crippen LogP contribution in [0.15, 0.2) is 57.7 Å². The van der Waals surface area contributed by atoms with E-state index in [1.807, 2.05) is 0 Å². The summed E-state index contributed by atoms with van der Waals surface area (Å²) < 4.78 is 24.3. The maximum Gasteiger partial charge on any atom is 0.336 e. The molecule has 148 valence electrons. The summed E-state index contributed by atoms with van der Waals surface area (Å²) in [5, 5.41) is 10.0. The predicted molar refractivity (Wildman–Crippen MR) is 101 cm³/mol. The number of phenols is 1. The van der Waals surface area contributed by atoms with Crippen molar-refractivity contribution in [3.05, 3.63) is 70.3 Å². The van der Waals surface area contributed by atoms with Crippen molar-refractivity contribution >= 4 is 28.5 Å². The molecule has 1 aliphatic heterocycles. The molecule has 2 heterocycles. The van der Waals surface area contributed by atoms with E-state index in [1.54, 1.807) is 12.1 Å². The van der Waals surface area contributed by atoms with Crippen LogP contribution in [0.3, 0.4) is 0 Å². The molecule has 1 saturated heterocycles. The second-order valence-electron chi connectivity index (χ2n) is 6.74. The number of benzene rings is 2. The third-order valence-corrected chi connectivity index (χ3v) is 4.79. The highest BCUT2D eigenvalue weighted by Crippen LogP contribution is 2.28. The van der Waals surface area contributed by atoms with Crippen LogP contribution in [0.1, 0.15) is 12.0 Å². The van der Waals surface area contributed by atoms with Gasteiger partial charge in [0.15, 0.2) is 0 Å². The number of nitrogens with zero attached hydrogens (tertiary/aromatic N) is 1. The van der Waals surface area contributed by atoms with Gasteiger partial charge in [0.05, 0.1) is 11.6 Å². The number of para-hydroxylation sites is 1. The topological polar surface area (TPSA) is 97.0 Å². The Balaban J connectivity index is 1.49. The van der Waals surface area contributed by atoms with E-state index in [-0.39, 0.29) is 42.5 Å². The van der Waals surface area contributed by atoms with Crippen LogP contribution in [-0.4, -0.2) is 23.5 Å². The molecule has 1 aromatic heterocycles. The third kappa shape index (κ3) is 3.69. The summed E-state index contributed by atoms with van der Waals surface area (Å²) in [6, 6.07) is 11.3. The number of ether oxygens (including phenoxy) is 1. The van der Waals surface area contributed by atoms with Crippen molar-refractivity contribution < 1.29 is 28.2 Å². The molecule has 2 aromatic carbocycles. The smallest absolute Gasteiger partial charge is 0.336 e. The predicted octanol–water partition coefficient (Wildman–Crippen LogP) is 2.73. The number of rotatable bonds is 4. The normalized spacial score (nSPS) is 16.4. The number of hydrogen-bond donors (Lipinski definition) is 1. The summed E-state index contributed by atoms with van der Waals surface area (Å²) in [4.78, 5) is 37.7. The Morgan fingerprint density at radius 1 is 1.21 bits per heavy atom. The molecule has 8 heteroatoms. The quantitative estimate of drug-likeness (QED) is 0.537. The number of carbonyl (C=O) groups is 2. The molecule has 1 amide bonds. The summed E-state index contributed by atoms with van der Waals surface area (Å²) >= 11 is 0. The summed E-state index contributed by atoms with van der Waals surface area (Å²) in [5.74, 6) is -2.32. The average Bonchev–Trinajstić information content (AvgIpc) is 3.07. The van der Waals surface area contributed by atoms with Gasteiger partial charge in [0.1, 0.15) is 23.8 Å². The first-order chi connectivity index (χ1) is 13.9. The molecule has 1 N–H and O–H groups in total. The van der Waals surface area contributed by atoms with Crippen LogP contribution in [0.25, 0.3) is 11.0 Å². The molecule has 3 aromatic rings. The van der Waals surface area contributed by atoms with Gasteiger partial charge in [-0.3, -0.25) is 9.59 Å². The van der Waals surface area contributed by atoms with E-state index in [1.165, 1.54) is 41.3 Å². The molecule has 4 rings (SSSR count). The van der Waals surface area contributed by atoms with Crippen LogP contribution in [-0.2, 0) is 20.9 Å². The van der Waals surface area contributed by atoms with Crippen molar-refractivity contribution in [1.29, 1.82) is 0 Å². The highest BCUT2D eigenvalue weighted by atomic mass is 19.1. The molecule has 29 heavy (non-hydrogen) atoms. The molecule has 0 saturated carbocycles. The first-order valence-electron chi connectivity index (χ1n) is 8.89. The van der Waals surface area contributed by atoms with Crippen molar-refractivity contribution in [3.63, 3.8) is 0 Å². The molecule has 7 nitrogen and oxygen atoms in total. The third-order valence-electron chi connectivity index (χ3n) is 4.79. The molecule has 1 aliphatic rings. The van der Waals surface area contributed by atoms with Gasteiger partial charge >= 0.3 is 11.6 Å². The van der Waals surface area contributed by atoms with Gasteiger partial charge in [-0.1, -0.05) is 12.1 Å². The SMILES string of the molecule is O=C(OCc1cc(=O)oc2cc(O)ccc12)[C@@H]1CC(=O)N(c2ccccc2F)C1. The van der Waals surface area contributed by atoms with Gasteiger partial charge in [-0.2, -0.15) is 0 Å². The minimum atomic E-state index is -0.738. The Bertz CT molecular complexity index is 1170. The van der Waals surface area contributed by atoms with Gasteiger partial charge in [0.25, 0.3) is 0 Å². The van der Waals surface area contributed by atoms with E-state index < -0.39 is 23.3 Å². The minimum absolute atomic E-state index is 0.0180. The van der Waals surface area contributed by atoms with Crippen LogP contribution in [0, 0.1) is 11.7 Å². The molecule has 1 atom stereocenters. The van der Waals surface area contributed by atoms with Crippen LogP contribution in [0.4, 0.5) is 10.1 Å². The number of esters is 1. The number of aromatic hydroxyl groups is 1. The van der Waals surface area contributed by atoms with Crippen LogP contribution < -0.4 is 10.5 Å². The molecule has 1 fully saturated rings. The lowest BCUT2D eigenvalue weighted by molar-refractivity contribution is -0.149. The maximum atomic E-state index is 14.0. The number of anilines is 1. The van der Waals surface area contributed by atoms with Gasteiger partial charge in [-0.15, -0.1) is 0 Å². The average molecular weight is 397 g/mol. The molecular weight excluding hydrogens is 381 g/mol. The summed E-state index contributed by atoms with van der Waals surface area (Å²) in [6.45, 7) is -0.180. The van der Waals surface area contributed by atoms with Gasteiger partial charge in [-0.25, -0.2) is 9.18 Å². The first kappa shape index (κ1) is 18.7. The fourth-order valence-corrected chi connectivity index (χ4v) is 3.37. The molecule has 0 bridgehead atoms. The lowest BCUT2D eigenvalue weighted by Crippen LogP contribution is -2.27. The number of halogens is 1. The van der Waals surface area contributed by atoms with E-state index in [2.05, 4.69) is 0 Å². The zero-order chi connectivity index (χ0) is 20.5. The van der Waals surface area contributed by atoms with E-state index in [0.29, 0.717) is 10.9 Å². The fourth-order valence-electron chi connectivity index (χ4n) is 3.37. The van der Waals surface area contributed by atoms with E-state index in [4.69, 9.17) is 9.15 Å². The molecular formula is C21H16FNO6. The summed E-state index contributed by atoms with van der Waals surface area (Å²) in [5.41, 5.74) is 0.0698. The Morgan fingerprint density at radius 2 is 2.00 bits per heavy atom. The number of phenolic OH excluding ortho intramolecular Hbond substituents is 1. The molecule has 0 spiro atoms. The monoisotopic (exact) mass is 397 g/mol. The Hall–Kier alpha value is -3.68. The highest BCUT2D eigenvalue weighted by molar-refractivity contribution is 5.99. The van der Waals surface area contributed by atoms with Crippen LogP contribution in [0.5, 0.6) is 5.75 Å². The van der Waals surface area contributed by atoms with Crippen LogP contribution >= 0.6 is 0 Å². The molecule has 0 unspecified atom stereocenters. The van der Waals surface area contributed by atoms with Gasteiger partial charge in [0.2, 0.25) is 5.91 Å². The van der Waals surface area contributed by atoms with Crippen LogP contribution in [0.2, 0.25) is 0 Å². The molecule has 0 aliphatic carbocycles. The highest BCUT2D eigenvalue weighted by Gasteiger charge is 2.37. The Morgan fingerprint density at radius 3 is 2.79 bits per heavy atom. The van der Waals surface area contributed by atoms with E-state index >= 15 is 0 Å². The number of carbonyl (C=O) groups excluding carboxylic acids is 2. The first-order valence-corrected chi connectivity index (χ1v) is 8.89. The number of hydrogen-bond acceptors (Lipinski definition) is 6. The Kier molecular flexibility index (Phi) is 4.75. The van der Waals surface area contributed by atoms with Crippen molar-refractivity contribution in [2.75, 3.05) is 11.4 Å². The molecule has 0 radical (unpaired) electrons. The van der Waals surface area contributed by atoms with Crippen molar-refractivity contribution in [2.45, 2.75) is 13.0 Å². The van der Waals surface area contributed by atoms with Gasteiger partial charge in [0, 0.05) is 36.0 Å². The van der Waals surface area contributed by atoms with Crippen molar-refractivity contribution in [2.24, 2.45) is 5.92 Å². The largest absolute Gasteiger partial charge is 0.508 e. The van der Waals surface area contributed by atoms with Crippen molar-refractivity contribution in [1.82, 2.24) is 0 Å². The maximum absolute atomic E-state index is 14.0. The second-order valence-corrected chi connectivity index (χ2v) is 6.74. The zero-order valence-electron chi connectivity index (χ0n) is 15.1. The van der Waals surface area contributed by atoms with Crippen molar-refractivity contribution in [3.8, 4) is 5.75 Å². The lowest BCUT2D eigenvalue weighted by atomic mass is 10.1. The summed E-state index contributed by atoms with van der Waals surface area (Å²) in [6.07, 6.45) is -0.0846. The standard InChI is InChI=1S/C21H16FNO6/c22-16-3-1-2-4-17(16)23-10-12(7-19(23)25)21(27)28-11-13-8-20(26)29-18-9-14(24)5-6-15(13)18/h1-6,8-9,12,24H,7,10-11H2/t12-/m1/s1. The van der Waals surface area contributed by atoms with E-state index in [0.717, 1.165) is 0 Å². The second kappa shape index (κ2) is 7.38. The van der Waals surface area contributed by atoms with Gasteiger partial charge in [-0.05, 0) is 24.3 Å². The zero-order valence-corrected chi connectivity index (χ0v) is 15.1. The summed E-state index contributed by atoms with van der Waals surface area (Å²) in [7, 11) is 0. The lowest BCUT2D eigenvalue weighted by Gasteiger charge is -2.17. The minimum Gasteiger partial charge on any atom is -0.508 e. The fraction of sp³-hybridized carbons (Fsp3) is 0.190.